The number of hydrogen-bond donors (Lipinski definition) is 3. The molecule has 1 fully saturated rings. The van der Waals surface area contributed by atoms with Crippen LogP contribution in [0.5, 0.6) is 0 Å². The molecule has 0 aromatic heterocycles. The topological polar surface area (TPSA) is 70.2 Å². The summed E-state index contributed by atoms with van der Waals surface area (Å²) < 4.78 is 0. The van der Waals surface area contributed by atoms with E-state index < -0.39 is 6.04 Å². The molecule has 5 nitrogen and oxygen atoms in total. The van der Waals surface area contributed by atoms with E-state index in [1.54, 1.807) is 6.92 Å². The van der Waals surface area contributed by atoms with Gasteiger partial charge in [-0.05, 0) is 50.6 Å². The number of carbonyl (C=O) groups is 2. The molecule has 0 aromatic rings. The van der Waals surface area contributed by atoms with E-state index in [9.17, 15) is 9.59 Å². The minimum atomic E-state index is -0.465. The highest BCUT2D eigenvalue weighted by atomic mass is 16.2. The van der Waals surface area contributed by atoms with Crippen LogP contribution in [0.25, 0.3) is 0 Å². The second kappa shape index (κ2) is 9.03. The van der Waals surface area contributed by atoms with Gasteiger partial charge >= 0.3 is 0 Å². The van der Waals surface area contributed by atoms with E-state index in [4.69, 9.17) is 0 Å². The summed E-state index contributed by atoms with van der Waals surface area (Å²) in [5.74, 6) is 1.19. The fraction of sp³-hybridized carbons (Fsp3) is 0.875. The normalized spacial score (nSPS) is 21.7. The number of piperidine rings is 1. The van der Waals surface area contributed by atoms with E-state index >= 15 is 0 Å². The predicted octanol–water partition coefficient (Wildman–Crippen LogP) is 1.29. The summed E-state index contributed by atoms with van der Waals surface area (Å²) in [6, 6.07) is -0.465. The Kier molecular flexibility index (Phi) is 7.72. The molecule has 0 bridgehead atoms. The van der Waals surface area contributed by atoms with Crippen LogP contribution in [0.3, 0.4) is 0 Å². The average molecular weight is 297 g/mol. The van der Waals surface area contributed by atoms with Gasteiger partial charge < -0.3 is 16.0 Å². The van der Waals surface area contributed by atoms with Crippen molar-refractivity contribution in [3.8, 4) is 0 Å². The number of rotatable bonds is 7. The molecular formula is C16H31N3O2. The van der Waals surface area contributed by atoms with Crippen molar-refractivity contribution in [2.75, 3.05) is 19.6 Å². The number of nitrogens with one attached hydrogen (secondary N) is 3. The first kappa shape index (κ1) is 18.0. The maximum Gasteiger partial charge on any atom is 0.242 e. The maximum atomic E-state index is 12.0. The summed E-state index contributed by atoms with van der Waals surface area (Å²) in [5.41, 5.74) is 0. The summed E-state index contributed by atoms with van der Waals surface area (Å²) >= 11 is 0. The van der Waals surface area contributed by atoms with Gasteiger partial charge in [-0.1, -0.05) is 20.8 Å². The van der Waals surface area contributed by atoms with Crippen LogP contribution < -0.4 is 16.0 Å². The Bertz CT molecular complexity index is 338. The van der Waals surface area contributed by atoms with Crippen molar-refractivity contribution < 1.29 is 9.59 Å². The Morgan fingerprint density at radius 3 is 2.52 bits per heavy atom. The van der Waals surface area contributed by atoms with E-state index in [1.807, 2.05) is 13.8 Å². The molecule has 0 aliphatic carbocycles. The van der Waals surface area contributed by atoms with E-state index in [1.165, 1.54) is 12.8 Å². The zero-order chi connectivity index (χ0) is 15.8. The predicted molar refractivity (Wildman–Crippen MR) is 84.8 cm³/mol. The van der Waals surface area contributed by atoms with Crippen LogP contribution in [0.2, 0.25) is 0 Å². The van der Waals surface area contributed by atoms with Crippen LogP contribution in [0.1, 0.15) is 47.0 Å². The molecule has 0 saturated carbocycles. The minimum absolute atomic E-state index is 0.0275. The third kappa shape index (κ3) is 6.93. The van der Waals surface area contributed by atoms with Crippen LogP contribution in [-0.2, 0) is 9.59 Å². The second-order valence-corrected chi connectivity index (χ2v) is 6.72. The highest BCUT2D eigenvalue weighted by molar-refractivity contribution is 5.87. The summed E-state index contributed by atoms with van der Waals surface area (Å²) in [6.45, 7) is 10.7. The molecule has 122 valence electrons. The van der Waals surface area contributed by atoms with Crippen molar-refractivity contribution >= 4 is 11.8 Å². The molecule has 1 aliphatic heterocycles. The molecule has 3 atom stereocenters. The monoisotopic (exact) mass is 297 g/mol. The molecular weight excluding hydrogens is 266 g/mol. The van der Waals surface area contributed by atoms with Crippen molar-refractivity contribution in [3.05, 3.63) is 0 Å². The molecule has 2 amide bonds. The van der Waals surface area contributed by atoms with Gasteiger partial charge in [-0.15, -0.1) is 0 Å². The first-order chi connectivity index (χ1) is 9.90. The van der Waals surface area contributed by atoms with Crippen LogP contribution in [0, 0.1) is 17.8 Å². The van der Waals surface area contributed by atoms with E-state index in [-0.39, 0.29) is 11.8 Å². The lowest BCUT2D eigenvalue weighted by Gasteiger charge is -2.28. The summed E-state index contributed by atoms with van der Waals surface area (Å²) in [6.07, 6.45) is 2.87. The van der Waals surface area contributed by atoms with E-state index in [2.05, 4.69) is 22.9 Å². The molecule has 0 radical (unpaired) electrons. The van der Waals surface area contributed by atoms with Crippen LogP contribution in [0.4, 0.5) is 0 Å². The van der Waals surface area contributed by atoms with Gasteiger partial charge in [-0.3, -0.25) is 9.59 Å². The quantitative estimate of drug-likeness (QED) is 0.663. The molecule has 0 spiro atoms. The molecule has 3 N–H and O–H groups in total. The highest BCUT2D eigenvalue weighted by Gasteiger charge is 2.23. The molecule has 21 heavy (non-hydrogen) atoms. The van der Waals surface area contributed by atoms with Crippen LogP contribution in [0.15, 0.2) is 0 Å². The lowest BCUT2D eigenvalue weighted by molar-refractivity contribution is -0.129. The molecule has 1 saturated heterocycles. The zero-order valence-corrected chi connectivity index (χ0v) is 13.9. The third-order valence-corrected chi connectivity index (χ3v) is 4.10. The Hall–Kier alpha value is -1.10. The number of hydrogen-bond acceptors (Lipinski definition) is 3. The fourth-order valence-electron chi connectivity index (χ4n) is 2.65. The van der Waals surface area contributed by atoms with Gasteiger partial charge in [-0.25, -0.2) is 0 Å². The first-order valence-corrected chi connectivity index (χ1v) is 8.18. The van der Waals surface area contributed by atoms with Crippen molar-refractivity contribution in [2.45, 2.75) is 53.0 Å². The Balaban J connectivity index is 2.29. The third-order valence-electron chi connectivity index (χ3n) is 4.10. The van der Waals surface area contributed by atoms with Crippen molar-refractivity contribution in [1.82, 2.24) is 16.0 Å². The largest absolute Gasteiger partial charge is 0.354 e. The second-order valence-electron chi connectivity index (χ2n) is 6.72. The van der Waals surface area contributed by atoms with Gasteiger partial charge in [-0.2, -0.15) is 0 Å². The zero-order valence-electron chi connectivity index (χ0n) is 13.9. The van der Waals surface area contributed by atoms with Crippen molar-refractivity contribution in [1.29, 1.82) is 0 Å². The summed E-state index contributed by atoms with van der Waals surface area (Å²) in [5, 5.41) is 9.02. The van der Waals surface area contributed by atoms with Crippen molar-refractivity contribution in [3.63, 3.8) is 0 Å². The van der Waals surface area contributed by atoms with Gasteiger partial charge in [0.05, 0.1) is 0 Å². The van der Waals surface area contributed by atoms with Gasteiger partial charge in [0.1, 0.15) is 6.04 Å². The Morgan fingerprint density at radius 2 is 1.95 bits per heavy atom. The summed E-state index contributed by atoms with van der Waals surface area (Å²) in [4.78, 5) is 23.9. The standard InChI is InChI=1S/C16H31N3O2/c1-11(2)9-18-16(21)13(4)19-15(20)8-12(3)14-6-5-7-17-10-14/h11-14,17H,5-10H2,1-4H3,(H,18,21)(H,19,20). The average Bonchev–Trinajstić information content (AvgIpc) is 2.45. The number of carbonyl (C=O) groups excluding carboxylic acids is 2. The van der Waals surface area contributed by atoms with Crippen LogP contribution >= 0.6 is 0 Å². The molecule has 0 aromatic carbocycles. The van der Waals surface area contributed by atoms with Gasteiger partial charge in [0.15, 0.2) is 0 Å². The van der Waals surface area contributed by atoms with Gasteiger partial charge in [0.25, 0.3) is 0 Å². The molecule has 3 unspecified atom stereocenters. The SMILES string of the molecule is CC(C)CNC(=O)C(C)NC(=O)CC(C)C1CCCNC1. The lowest BCUT2D eigenvalue weighted by Crippen LogP contribution is -2.46. The minimum Gasteiger partial charge on any atom is -0.354 e. The van der Waals surface area contributed by atoms with Crippen molar-refractivity contribution in [2.24, 2.45) is 17.8 Å². The summed E-state index contributed by atoms with van der Waals surface area (Å²) in [7, 11) is 0. The smallest absolute Gasteiger partial charge is 0.242 e. The molecule has 1 aliphatic rings. The number of amides is 2. The Morgan fingerprint density at radius 1 is 1.24 bits per heavy atom. The first-order valence-electron chi connectivity index (χ1n) is 8.18. The van der Waals surface area contributed by atoms with Gasteiger partial charge in [0, 0.05) is 13.0 Å². The maximum absolute atomic E-state index is 12.0. The highest BCUT2D eigenvalue weighted by Crippen LogP contribution is 2.22. The lowest BCUT2D eigenvalue weighted by atomic mass is 9.85. The molecule has 1 rings (SSSR count). The van der Waals surface area contributed by atoms with Gasteiger partial charge in [0.2, 0.25) is 11.8 Å². The van der Waals surface area contributed by atoms with Crippen LogP contribution in [-0.4, -0.2) is 37.5 Å². The fourth-order valence-corrected chi connectivity index (χ4v) is 2.65. The molecule has 5 heteroatoms. The van der Waals surface area contributed by atoms with E-state index in [0.717, 1.165) is 13.1 Å². The Labute approximate surface area is 128 Å². The van der Waals surface area contributed by atoms with E-state index in [0.29, 0.717) is 30.7 Å². The molecule has 1 heterocycles.